The van der Waals surface area contributed by atoms with Crippen LogP contribution in [-0.2, 0) is 20.1 Å². The van der Waals surface area contributed by atoms with E-state index in [1.807, 2.05) is 0 Å². The van der Waals surface area contributed by atoms with Gasteiger partial charge < -0.3 is 16.0 Å². The number of aliphatic imine (C=N–C) groups is 1. The first-order valence-corrected chi connectivity index (χ1v) is 10.7. The molecule has 174 valence electrons. The number of nitrogens with zero attached hydrogens (tertiary/aromatic N) is 5. The fraction of sp³-hybridized carbons (Fsp3) is 0.174. The highest BCUT2D eigenvalue weighted by molar-refractivity contribution is 6.39. The van der Waals surface area contributed by atoms with Gasteiger partial charge >= 0.3 is 0 Å². The number of rotatable bonds is 6. The smallest absolute Gasteiger partial charge is 0.272 e. The van der Waals surface area contributed by atoms with Crippen molar-refractivity contribution in [2.75, 3.05) is 7.05 Å². The van der Waals surface area contributed by atoms with Crippen molar-refractivity contribution >= 4 is 33.7 Å². The molecule has 0 bridgehead atoms. The number of H-pyrrole nitrogens is 1. The molecule has 0 atom stereocenters. The van der Waals surface area contributed by atoms with Crippen molar-refractivity contribution in [3.8, 4) is 0 Å². The minimum Gasteiger partial charge on any atom is -0.404 e. The topological polar surface area (TPSA) is 150 Å². The summed E-state index contributed by atoms with van der Waals surface area (Å²) in [5, 5.41) is 12.3. The molecular formula is C23H23ClN8O2. The number of nitrogens with two attached hydrogens (primary N) is 2. The molecule has 10 nitrogen and oxygen atoms in total. The van der Waals surface area contributed by atoms with Gasteiger partial charge in [0.2, 0.25) is 0 Å². The molecule has 3 aromatic heterocycles. The number of aromatic nitrogens is 5. The van der Waals surface area contributed by atoms with Crippen LogP contribution in [0.5, 0.6) is 0 Å². The molecule has 4 aromatic rings. The van der Waals surface area contributed by atoms with E-state index in [2.05, 4.69) is 20.3 Å². The number of pyridine rings is 1. The highest BCUT2D eigenvalue weighted by Gasteiger charge is 2.20. The van der Waals surface area contributed by atoms with Crippen molar-refractivity contribution in [3.05, 3.63) is 97.2 Å². The third-order valence-corrected chi connectivity index (χ3v) is 5.97. The van der Waals surface area contributed by atoms with Crippen molar-refractivity contribution in [2.24, 2.45) is 23.5 Å². The third-order valence-electron chi connectivity index (χ3n) is 5.57. The average Bonchev–Trinajstić information content (AvgIpc) is 3.20. The molecule has 1 aromatic carbocycles. The summed E-state index contributed by atoms with van der Waals surface area (Å²) < 4.78 is 3.03. The molecule has 0 saturated heterocycles. The Kier molecular flexibility index (Phi) is 6.44. The largest absolute Gasteiger partial charge is 0.404 e. The van der Waals surface area contributed by atoms with Crippen LogP contribution in [0.1, 0.15) is 22.4 Å². The van der Waals surface area contributed by atoms with Gasteiger partial charge in [-0.3, -0.25) is 14.6 Å². The summed E-state index contributed by atoms with van der Waals surface area (Å²) in [6.45, 7) is 0.361. The standard InChI is InChI=1S/C23H23ClN8O2/c1-27-20(18-11-28-32(21(18)24)12-14-4-3-7-31(2)23(14)34)17(9-25)13-5-6-15-16(8-13)19(10-26)29-30-22(15)33/h3-9,11H,10,12,25-26H2,1-2H3,(H,30,33)/b17-9-,27-20?. The molecule has 5 N–H and O–H groups in total. The van der Waals surface area contributed by atoms with Gasteiger partial charge in [0.15, 0.2) is 0 Å². The Hall–Kier alpha value is -4.02. The Labute approximate surface area is 199 Å². The summed E-state index contributed by atoms with van der Waals surface area (Å²) in [7, 11) is 3.31. The number of hydrogen-bond acceptors (Lipinski definition) is 7. The molecule has 0 amide bonds. The molecule has 0 aliphatic heterocycles. The van der Waals surface area contributed by atoms with E-state index in [1.165, 1.54) is 15.4 Å². The van der Waals surface area contributed by atoms with Crippen LogP contribution in [-0.4, -0.2) is 37.3 Å². The van der Waals surface area contributed by atoms with Crippen LogP contribution < -0.4 is 22.6 Å². The molecule has 0 saturated carbocycles. The zero-order chi connectivity index (χ0) is 24.4. The highest BCUT2D eigenvalue weighted by atomic mass is 35.5. The predicted molar refractivity (Wildman–Crippen MR) is 133 cm³/mol. The second-order valence-corrected chi connectivity index (χ2v) is 7.93. The molecule has 0 fully saturated rings. The van der Waals surface area contributed by atoms with Gasteiger partial charge in [-0.15, -0.1) is 0 Å². The van der Waals surface area contributed by atoms with Crippen molar-refractivity contribution < 1.29 is 0 Å². The van der Waals surface area contributed by atoms with Crippen LogP contribution in [0.2, 0.25) is 5.15 Å². The van der Waals surface area contributed by atoms with E-state index in [-0.39, 0.29) is 24.2 Å². The van der Waals surface area contributed by atoms with Crippen LogP contribution in [0.15, 0.2) is 63.5 Å². The quantitative estimate of drug-likeness (QED) is 0.356. The molecular weight excluding hydrogens is 456 g/mol. The Morgan fingerprint density at radius 2 is 2.06 bits per heavy atom. The first-order chi connectivity index (χ1) is 16.4. The van der Waals surface area contributed by atoms with Crippen LogP contribution in [0, 0.1) is 0 Å². The maximum atomic E-state index is 12.4. The maximum Gasteiger partial charge on any atom is 0.272 e. The Morgan fingerprint density at radius 3 is 2.76 bits per heavy atom. The molecule has 0 aliphatic carbocycles. The SMILES string of the molecule is CN=C(/C(=C\N)c1ccc2c(=O)[nH]nc(CN)c2c1)c1cnn(Cc2cccn(C)c2=O)c1Cl. The zero-order valence-electron chi connectivity index (χ0n) is 18.6. The second-order valence-electron chi connectivity index (χ2n) is 7.57. The number of nitrogens with one attached hydrogen (secondary N) is 1. The lowest BCUT2D eigenvalue weighted by molar-refractivity contribution is 0.672. The van der Waals surface area contributed by atoms with Crippen molar-refractivity contribution in [3.63, 3.8) is 0 Å². The lowest BCUT2D eigenvalue weighted by atomic mass is 9.96. The zero-order valence-corrected chi connectivity index (χ0v) is 19.4. The van der Waals surface area contributed by atoms with Gasteiger partial charge in [-0.25, -0.2) is 9.78 Å². The van der Waals surface area contributed by atoms with Crippen molar-refractivity contribution in [2.45, 2.75) is 13.1 Å². The molecule has 11 heteroatoms. The molecule has 3 heterocycles. The average molecular weight is 479 g/mol. The van der Waals surface area contributed by atoms with Crippen LogP contribution in [0.3, 0.4) is 0 Å². The Morgan fingerprint density at radius 1 is 1.26 bits per heavy atom. The van der Waals surface area contributed by atoms with E-state index in [9.17, 15) is 9.59 Å². The molecule has 0 aliphatic rings. The number of halogens is 1. The monoisotopic (exact) mass is 478 g/mol. The van der Waals surface area contributed by atoms with E-state index in [4.69, 9.17) is 23.1 Å². The van der Waals surface area contributed by atoms with Crippen LogP contribution >= 0.6 is 11.6 Å². The fourth-order valence-electron chi connectivity index (χ4n) is 3.82. The number of hydrogen-bond donors (Lipinski definition) is 3. The maximum absolute atomic E-state index is 12.4. The van der Waals surface area contributed by atoms with Gasteiger partial charge in [0, 0.05) is 49.6 Å². The van der Waals surface area contributed by atoms with Crippen LogP contribution in [0.25, 0.3) is 16.3 Å². The first kappa shape index (κ1) is 23.1. The lowest BCUT2D eigenvalue weighted by Crippen LogP contribution is -2.22. The van der Waals surface area contributed by atoms with Gasteiger partial charge in [0.05, 0.1) is 35.1 Å². The molecule has 0 radical (unpaired) electrons. The number of fused-ring (bicyclic) bond motifs is 1. The van der Waals surface area contributed by atoms with Gasteiger partial charge in [0.25, 0.3) is 11.1 Å². The van der Waals surface area contributed by atoms with E-state index in [0.717, 1.165) is 0 Å². The summed E-state index contributed by atoms with van der Waals surface area (Å²) in [5.74, 6) is 0. The molecule has 0 spiro atoms. The lowest BCUT2D eigenvalue weighted by Gasteiger charge is -2.12. The molecule has 34 heavy (non-hydrogen) atoms. The number of aryl methyl sites for hydroxylation is 1. The normalized spacial score (nSPS) is 12.5. The summed E-state index contributed by atoms with van der Waals surface area (Å²) in [6, 6.07) is 8.79. The number of benzene rings is 1. The highest BCUT2D eigenvalue weighted by Crippen LogP contribution is 2.27. The number of aromatic amines is 1. The van der Waals surface area contributed by atoms with Crippen LogP contribution in [0.4, 0.5) is 0 Å². The van der Waals surface area contributed by atoms with Crippen molar-refractivity contribution in [1.82, 2.24) is 24.5 Å². The molecule has 0 unspecified atom stereocenters. The van der Waals surface area contributed by atoms with E-state index >= 15 is 0 Å². The van der Waals surface area contributed by atoms with E-state index in [1.54, 1.807) is 56.8 Å². The van der Waals surface area contributed by atoms with Gasteiger partial charge in [0.1, 0.15) is 5.15 Å². The Balaban J connectivity index is 1.76. The van der Waals surface area contributed by atoms with Gasteiger partial charge in [-0.2, -0.15) is 10.2 Å². The summed E-state index contributed by atoms with van der Waals surface area (Å²) in [6.07, 6.45) is 4.69. The minimum atomic E-state index is -0.308. The summed E-state index contributed by atoms with van der Waals surface area (Å²) in [4.78, 5) is 29.0. The third kappa shape index (κ3) is 4.04. The predicted octanol–water partition coefficient (Wildman–Crippen LogP) is 1.40. The Bertz CT molecular complexity index is 1560. The van der Waals surface area contributed by atoms with Gasteiger partial charge in [-0.05, 0) is 23.8 Å². The fourth-order valence-corrected chi connectivity index (χ4v) is 4.06. The number of allylic oxidation sites excluding steroid dienone is 1. The first-order valence-electron chi connectivity index (χ1n) is 10.4. The second kappa shape index (κ2) is 9.46. The van der Waals surface area contributed by atoms with Gasteiger partial charge in [-0.1, -0.05) is 23.7 Å². The van der Waals surface area contributed by atoms with E-state index < -0.39 is 0 Å². The molecule has 4 rings (SSSR count). The minimum absolute atomic E-state index is 0.127. The summed E-state index contributed by atoms with van der Waals surface area (Å²) in [5.41, 5.74) is 14.8. The summed E-state index contributed by atoms with van der Waals surface area (Å²) >= 11 is 6.66. The van der Waals surface area contributed by atoms with E-state index in [0.29, 0.717) is 49.6 Å². The van der Waals surface area contributed by atoms with Crippen molar-refractivity contribution in [1.29, 1.82) is 0 Å².